The van der Waals surface area contributed by atoms with E-state index < -0.39 is 5.60 Å². The molecule has 0 saturated carbocycles. The van der Waals surface area contributed by atoms with Gasteiger partial charge < -0.3 is 19.5 Å². The number of rotatable bonds is 4. The lowest BCUT2D eigenvalue weighted by Gasteiger charge is -2.43. The van der Waals surface area contributed by atoms with Crippen LogP contribution in [0.1, 0.15) is 33.4 Å². The first-order chi connectivity index (χ1) is 17.7. The number of pyridine rings is 1. The number of aromatic amines is 1. The quantitative estimate of drug-likeness (QED) is 0.369. The molecule has 10 nitrogen and oxygen atoms in total. The number of carbonyl (C=O) groups is 1. The summed E-state index contributed by atoms with van der Waals surface area (Å²) < 4.78 is 5.61. The molecule has 192 valence electrons. The summed E-state index contributed by atoms with van der Waals surface area (Å²) in [5.74, 6) is 1.14. The molecule has 2 saturated heterocycles. The summed E-state index contributed by atoms with van der Waals surface area (Å²) in [5.41, 5.74) is 2.41. The highest BCUT2D eigenvalue weighted by atomic mass is 35.5. The van der Waals surface area contributed by atoms with Gasteiger partial charge in [-0.3, -0.25) is 4.98 Å². The second kappa shape index (κ2) is 8.98. The Bertz CT molecular complexity index is 1520. The smallest absolute Gasteiger partial charge is 0.410 e. The highest BCUT2D eigenvalue weighted by Gasteiger charge is 2.49. The van der Waals surface area contributed by atoms with E-state index in [9.17, 15) is 4.79 Å². The molecule has 1 amide bonds. The summed E-state index contributed by atoms with van der Waals surface area (Å²) in [4.78, 5) is 43.7. The Balaban J connectivity index is 1.32. The fourth-order valence-corrected chi connectivity index (χ4v) is 6.04. The number of hydrogen-bond donors (Lipinski definition) is 1. The zero-order valence-electron chi connectivity index (χ0n) is 21.0. The average Bonchev–Trinajstić information content (AvgIpc) is 3.34. The average molecular weight is 539 g/mol. The van der Waals surface area contributed by atoms with E-state index in [4.69, 9.17) is 26.3 Å². The lowest BCUT2D eigenvalue weighted by atomic mass is 9.93. The minimum atomic E-state index is -0.524. The van der Waals surface area contributed by atoms with Crippen LogP contribution >= 0.6 is 23.4 Å². The highest BCUT2D eigenvalue weighted by molar-refractivity contribution is 7.99. The fraction of sp³-hybridized carbons (Fsp3) is 0.440. The van der Waals surface area contributed by atoms with Gasteiger partial charge in [0.15, 0.2) is 10.8 Å². The SMILES string of the molecule is CCc1[nH]c2nc(Sc3cnc4nccnc4c3)nc(N3CC4CN(C(=O)OC(C)(C)C)C4C3)c2c1Cl. The van der Waals surface area contributed by atoms with Crippen molar-refractivity contribution in [2.24, 2.45) is 5.92 Å². The number of aromatic nitrogens is 6. The summed E-state index contributed by atoms with van der Waals surface area (Å²) in [6, 6.07) is 2.02. The van der Waals surface area contributed by atoms with E-state index in [-0.39, 0.29) is 12.1 Å². The molecule has 4 aromatic heterocycles. The predicted molar refractivity (Wildman–Crippen MR) is 142 cm³/mol. The minimum absolute atomic E-state index is 0.0857. The van der Waals surface area contributed by atoms with Gasteiger partial charge in [-0.25, -0.2) is 24.7 Å². The number of likely N-dealkylation sites (tertiary alicyclic amines) is 1. The van der Waals surface area contributed by atoms with Gasteiger partial charge in [0.25, 0.3) is 0 Å². The largest absolute Gasteiger partial charge is 0.444 e. The van der Waals surface area contributed by atoms with Crippen LogP contribution in [-0.4, -0.2) is 72.2 Å². The van der Waals surface area contributed by atoms with Gasteiger partial charge >= 0.3 is 6.09 Å². The first-order valence-electron chi connectivity index (χ1n) is 12.3. The number of nitrogens with zero attached hydrogens (tertiary/aromatic N) is 7. The number of H-pyrrole nitrogens is 1. The monoisotopic (exact) mass is 538 g/mol. The maximum absolute atomic E-state index is 12.7. The number of halogens is 1. The molecule has 6 rings (SSSR count). The van der Waals surface area contributed by atoms with Crippen LogP contribution in [-0.2, 0) is 11.2 Å². The maximum atomic E-state index is 12.7. The van der Waals surface area contributed by atoms with Crippen LogP contribution in [0.4, 0.5) is 10.6 Å². The van der Waals surface area contributed by atoms with Gasteiger partial charge in [0.2, 0.25) is 0 Å². The van der Waals surface area contributed by atoms with E-state index in [1.165, 1.54) is 11.8 Å². The molecule has 0 aromatic carbocycles. The third kappa shape index (κ3) is 4.44. The minimum Gasteiger partial charge on any atom is -0.444 e. The normalized spacial score (nSPS) is 19.4. The van der Waals surface area contributed by atoms with Crippen molar-refractivity contribution < 1.29 is 9.53 Å². The van der Waals surface area contributed by atoms with Crippen molar-refractivity contribution in [2.75, 3.05) is 24.5 Å². The molecule has 2 atom stereocenters. The topological polar surface area (TPSA) is 113 Å². The summed E-state index contributed by atoms with van der Waals surface area (Å²) in [7, 11) is 0. The Morgan fingerprint density at radius 3 is 2.78 bits per heavy atom. The zero-order valence-corrected chi connectivity index (χ0v) is 22.6. The fourth-order valence-electron chi connectivity index (χ4n) is 4.93. The van der Waals surface area contributed by atoms with E-state index in [0.29, 0.717) is 46.0 Å². The Morgan fingerprint density at radius 2 is 2.00 bits per heavy atom. The van der Waals surface area contributed by atoms with E-state index in [1.807, 2.05) is 31.7 Å². The van der Waals surface area contributed by atoms with Gasteiger partial charge in [-0.05, 0) is 45.0 Å². The van der Waals surface area contributed by atoms with Crippen molar-refractivity contribution in [1.29, 1.82) is 0 Å². The van der Waals surface area contributed by atoms with E-state index >= 15 is 0 Å². The Morgan fingerprint density at radius 1 is 1.19 bits per heavy atom. The van der Waals surface area contributed by atoms with Crippen LogP contribution in [0, 0.1) is 5.92 Å². The summed E-state index contributed by atoms with van der Waals surface area (Å²) in [6.07, 6.45) is 5.51. The van der Waals surface area contributed by atoms with Crippen LogP contribution in [0.5, 0.6) is 0 Å². The molecule has 2 fully saturated rings. The molecule has 4 aromatic rings. The van der Waals surface area contributed by atoms with Crippen molar-refractivity contribution in [3.8, 4) is 0 Å². The van der Waals surface area contributed by atoms with Crippen LogP contribution < -0.4 is 4.90 Å². The first-order valence-corrected chi connectivity index (χ1v) is 13.5. The molecule has 0 spiro atoms. The lowest BCUT2D eigenvalue weighted by molar-refractivity contribution is -0.0163. The zero-order chi connectivity index (χ0) is 25.9. The number of nitrogens with one attached hydrogen (secondary N) is 1. The molecule has 2 unspecified atom stereocenters. The van der Waals surface area contributed by atoms with Crippen molar-refractivity contribution in [3.63, 3.8) is 0 Å². The Hall–Kier alpha value is -3.18. The van der Waals surface area contributed by atoms with Gasteiger partial charge in [0, 0.05) is 54.7 Å². The predicted octanol–water partition coefficient (Wildman–Crippen LogP) is 4.72. The van der Waals surface area contributed by atoms with Crippen LogP contribution in [0.2, 0.25) is 5.02 Å². The molecular formula is C25H27ClN8O2S. The Kier molecular flexibility index (Phi) is 5.87. The molecular weight excluding hydrogens is 512 g/mol. The van der Waals surface area contributed by atoms with Gasteiger partial charge in [-0.1, -0.05) is 18.5 Å². The van der Waals surface area contributed by atoms with E-state index in [2.05, 4.69) is 31.8 Å². The van der Waals surface area contributed by atoms with Gasteiger partial charge in [-0.15, -0.1) is 0 Å². The number of aryl methyl sites for hydroxylation is 1. The molecule has 0 bridgehead atoms. The van der Waals surface area contributed by atoms with Crippen molar-refractivity contribution in [2.45, 2.75) is 55.8 Å². The number of ether oxygens (including phenoxy) is 1. The number of hydrogen-bond acceptors (Lipinski definition) is 9. The van der Waals surface area contributed by atoms with Crippen LogP contribution in [0.15, 0.2) is 34.7 Å². The number of amides is 1. The van der Waals surface area contributed by atoms with Gasteiger partial charge in [-0.2, -0.15) is 0 Å². The molecule has 6 heterocycles. The van der Waals surface area contributed by atoms with Gasteiger partial charge in [0.05, 0.1) is 16.5 Å². The highest BCUT2D eigenvalue weighted by Crippen LogP contribution is 2.41. The summed E-state index contributed by atoms with van der Waals surface area (Å²) in [6.45, 7) is 9.84. The second-order valence-corrected chi connectivity index (χ2v) is 11.8. The standard InChI is InChI=1S/C25H27ClN8O2S/c1-5-15-19(26)18-21(30-15)31-23(37-14-8-16-20(29-9-14)28-7-6-27-16)32-22(18)33-10-13-11-34(17(13)12-33)24(35)36-25(2,3)4/h6-9,13,17H,5,10-12H2,1-4H3,(H,30,31,32). The number of carbonyl (C=O) groups excluding carboxylic acids is 1. The van der Waals surface area contributed by atoms with Crippen molar-refractivity contribution in [1.82, 2.24) is 34.8 Å². The Labute approximate surface area is 223 Å². The van der Waals surface area contributed by atoms with Gasteiger partial charge in [0.1, 0.15) is 22.6 Å². The van der Waals surface area contributed by atoms with E-state index in [1.54, 1.807) is 18.6 Å². The molecule has 1 N–H and O–H groups in total. The molecule has 2 aliphatic rings. The first kappa shape index (κ1) is 24.2. The number of anilines is 1. The van der Waals surface area contributed by atoms with Crippen LogP contribution in [0.25, 0.3) is 22.2 Å². The van der Waals surface area contributed by atoms with Crippen LogP contribution in [0.3, 0.4) is 0 Å². The lowest BCUT2D eigenvalue weighted by Crippen LogP contribution is -2.59. The van der Waals surface area contributed by atoms with E-state index in [0.717, 1.165) is 34.8 Å². The molecule has 2 aliphatic heterocycles. The van der Waals surface area contributed by atoms with Crippen molar-refractivity contribution >= 4 is 57.5 Å². The third-order valence-electron chi connectivity index (χ3n) is 6.65. The maximum Gasteiger partial charge on any atom is 0.410 e. The molecule has 0 aliphatic carbocycles. The molecule has 12 heteroatoms. The van der Waals surface area contributed by atoms with Crippen molar-refractivity contribution in [3.05, 3.63) is 35.4 Å². The third-order valence-corrected chi connectivity index (χ3v) is 7.89. The molecule has 0 radical (unpaired) electrons. The summed E-state index contributed by atoms with van der Waals surface area (Å²) in [5, 5.41) is 2.04. The second-order valence-electron chi connectivity index (χ2n) is 10.4. The number of fused-ring (bicyclic) bond motifs is 3. The summed E-state index contributed by atoms with van der Waals surface area (Å²) >= 11 is 8.22. The molecule has 37 heavy (non-hydrogen) atoms.